The fourth-order valence-electron chi connectivity index (χ4n) is 1.72. The predicted molar refractivity (Wildman–Crippen MR) is 81.5 cm³/mol. The van der Waals surface area contributed by atoms with Crippen molar-refractivity contribution in [3.63, 3.8) is 0 Å². The number of rotatable bonds is 5. The smallest absolute Gasteiger partial charge is 0.307 e. The van der Waals surface area contributed by atoms with Gasteiger partial charge in [-0.15, -0.1) is 0 Å². The summed E-state index contributed by atoms with van der Waals surface area (Å²) in [5.41, 5.74) is 0.176. The molecule has 0 amide bonds. The summed E-state index contributed by atoms with van der Waals surface area (Å²) >= 11 is 0. The van der Waals surface area contributed by atoms with Crippen molar-refractivity contribution in [1.82, 2.24) is 4.72 Å². The molecular weight excluding hydrogens is 274 g/mol. The summed E-state index contributed by atoms with van der Waals surface area (Å²) in [7, 11) is 0.0722. The summed E-state index contributed by atoms with van der Waals surface area (Å²) in [6, 6.07) is 9.52. The van der Waals surface area contributed by atoms with Crippen molar-refractivity contribution >= 4 is 17.0 Å². The minimum absolute atomic E-state index is 0.120. The number of esters is 1. The first-order valence-electron chi connectivity index (χ1n) is 6.51. The third-order valence-electron chi connectivity index (χ3n) is 3.01. The molecule has 0 aliphatic carbocycles. The number of hydrogen-bond acceptors (Lipinski definition) is 3. The van der Waals surface area contributed by atoms with Crippen LogP contribution in [-0.4, -0.2) is 22.0 Å². The van der Waals surface area contributed by atoms with E-state index in [9.17, 15) is 9.00 Å². The van der Waals surface area contributed by atoms with E-state index in [0.29, 0.717) is 0 Å². The average molecular weight is 297 g/mol. The molecule has 2 atom stereocenters. The molecule has 112 valence electrons. The average Bonchev–Trinajstić information content (AvgIpc) is 2.38. The van der Waals surface area contributed by atoms with Crippen molar-refractivity contribution in [1.29, 1.82) is 0 Å². The SMILES string of the molecule is COC(=O)CC(C)(NS(=O)C(C)(C)C)c1ccccc1. The van der Waals surface area contributed by atoms with E-state index in [0.717, 1.165) is 5.56 Å². The molecule has 0 fully saturated rings. The van der Waals surface area contributed by atoms with Gasteiger partial charge in [0.2, 0.25) is 0 Å². The van der Waals surface area contributed by atoms with Crippen molar-refractivity contribution in [2.75, 3.05) is 7.11 Å². The molecule has 0 saturated carbocycles. The van der Waals surface area contributed by atoms with Crippen molar-refractivity contribution < 1.29 is 13.7 Å². The van der Waals surface area contributed by atoms with Crippen LogP contribution in [0.15, 0.2) is 30.3 Å². The van der Waals surface area contributed by atoms with Crippen LogP contribution in [-0.2, 0) is 26.1 Å². The molecule has 1 aromatic carbocycles. The van der Waals surface area contributed by atoms with Gasteiger partial charge in [-0.3, -0.25) is 4.79 Å². The Bertz CT molecular complexity index is 482. The van der Waals surface area contributed by atoms with Crippen LogP contribution in [0.5, 0.6) is 0 Å². The Balaban J connectivity index is 3.08. The van der Waals surface area contributed by atoms with Crippen LogP contribution in [0, 0.1) is 0 Å². The Morgan fingerprint density at radius 2 is 1.75 bits per heavy atom. The van der Waals surface area contributed by atoms with Crippen LogP contribution in [0.4, 0.5) is 0 Å². The monoisotopic (exact) mass is 297 g/mol. The molecule has 4 nitrogen and oxygen atoms in total. The lowest BCUT2D eigenvalue weighted by Gasteiger charge is -2.33. The van der Waals surface area contributed by atoms with Crippen LogP contribution in [0.3, 0.4) is 0 Å². The van der Waals surface area contributed by atoms with Gasteiger partial charge < -0.3 is 4.74 Å². The Morgan fingerprint density at radius 3 is 2.20 bits per heavy atom. The zero-order valence-corrected chi connectivity index (χ0v) is 13.5. The van der Waals surface area contributed by atoms with E-state index in [4.69, 9.17) is 4.74 Å². The fourth-order valence-corrected chi connectivity index (χ4v) is 2.63. The van der Waals surface area contributed by atoms with Crippen molar-refractivity contribution in [3.8, 4) is 0 Å². The van der Waals surface area contributed by atoms with E-state index in [1.807, 2.05) is 58.0 Å². The predicted octanol–water partition coefficient (Wildman–Crippen LogP) is 2.52. The minimum Gasteiger partial charge on any atom is -0.469 e. The van der Waals surface area contributed by atoms with Crippen molar-refractivity contribution in [3.05, 3.63) is 35.9 Å². The van der Waals surface area contributed by atoms with Gasteiger partial charge in [0.25, 0.3) is 0 Å². The summed E-state index contributed by atoms with van der Waals surface area (Å²) < 4.78 is 19.8. The van der Waals surface area contributed by atoms with Gasteiger partial charge in [0, 0.05) is 0 Å². The van der Waals surface area contributed by atoms with E-state index < -0.39 is 21.3 Å². The number of nitrogens with one attached hydrogen (secondary N) is 1. The Hall–Kier alpha value is -1.20. The minimum atomic E-state index is -1.28. The molecule has 0 spiro atoms. The Labute approximate surface area is 123 Å². The Kier molecular flexibility index (Phi) is 5.48. The lowest BCUT2D eigenvalue weighted by molar-refractivity contribution is -0.142. The van der Waals surface area contributed by atoms with Gasteiger partial charge in [0.15, 0.2) is 0 Å². The molecule has 5 heteroatoms. The first-order valence-corrected chi connectivity index (χ1v) is 7.66. The van der Waals surface area contributed by atoms with Crippen LogP contribution in [0.25, 0.3) is 0 Å². The van der Waals surface area contributed by atoms with Crippen LogP contribution < -0.4 is 4.72 Å². The number of methoxy groups -OCH3 is 1. The summed E-state index contributed by atoms with van der Waals surface area (Å²) in [5.74, 6) is -0.338. The molecule has 1 N–H and O–H groups in total. The molecular formula is C15H23NO3S. The normalized spacial score (nSPS) is 16.2. The molecule has 0 bridgehead atoms. The topological polar surface area (TPSA) is 55.4 Å². The van der Waals surface area contributed by atoms with Gasteiger partial charge >= 0.3 is 5.97 Å². The van der Waals surface area contributed by atoms with Crippen LogP contribution in [0.2, 0.25) is 0 Å². The van der Waals surface area contributed by atoms with E-state index in [2.05, 4.69) is 4.72 Å². The van der Waals surface area contributed by atoms with Gasteiger partial charge in [-0.2, -0.15) is 0 Å². The number of benzene rings is 1. The largest absolute Gasteiger partial charge is 0.469 e. The summed E-state index contributed by atoms with van der Waals surface area (Å²) in [5, 5.41) is 0. The molecule has 20 heavy (non-hydrogen) atoms. The maximum Gasteiger partial charge on any atom is 0.307 e. The maximum atomic E-state index is 12.4. The Morgan fingerprint density at radius 1 is 1.20 bits per heavy atom. The van der Waals surface area contributed by atoms with E-state index in [-0.39, 0.29) is 12.4 Å². The molecule has 1 rings (SSSR count). The van der Waals surface area contributed by atoms with Gasteiger partial charge in [-0.05, 0) is 33.3 Å². The molecule has 2 unspecified atom stereocenters. The molecule has 1 aromatic rings. The highest BCUT2D eigenvalue weighted by molar-refractivity contribution is 7.84. The van der Waals surface area contributed by atoms with Crippen LogP contribution >= 0.6 is 0 Å². The highest BCUT2D eigenvalue weighted by atomic mass is 32.2. The number of carbonyl (C=O) groups excluding carboxylic acids is 1. The van der Waals surface area contributed by atoms with E-state index in [1.165, 1.54) is 7.11 Å². The van der Waals surface area contributed by atoms with Crippen molar-refractivity contribution in [2.24, 2.45) is 0 Å². The second-order valence-electron chi connectivity index (χ2n) is 5.93. The molecule has 0 saturated heterocycles. The first-order chi connectivity index (χ1) is 9.19. The molecule has 0 aliphatic heterocycles. The molecule has 0 radical (unpaired) electrons. The lowest BCUT2D eigenvalue weighted by atomic mass is 9.90. The van der Waals surface area contributed by atoms with Gasteiger partial charge in [0.05, 0.1) is 34.8 Å². The highest BCUT2D eigenvalue weighted by Crippen LogP contribution is 2.27. The van der Waals surface area contributed by atoms with E-state index >= 15 is 0 Å². The second-order valence-corrected chi connectivity index (χ2v) is 7.90. The number of carbonyl (C=O) groups is 1. The quantitative estimate of drug-likeness (QED) is 0.850. The summed E-state index contributed by atoms with van der Waals surface area (Å²) in [4.78, 5) is 11.7. The first kappa shape index (κ1) is 16.9. The maximum absolute atomic E-state index is 12.4. The zero-order valence-electron chi connectivity index (χ0n) is 12.7. The van der Waals surface area contributed by atoms with E-state index in [1.54, 1.807) is 0 Å². The third kappa shape index (κ3) is 4.42. The fraction of sp³-hybridized carbons (Fsp3) is 0.533. The third-order valence-corrected chi connectivity index (χ3v) is 4.76. The van der Waals surface area contributed by atoms with Crippen LogP contribution in [0.1, 0.15) is 39.7 Å². The van der Waals surface area contributed by atoms with Gasteiger partial charge in [0.1, 0.15) is 0 Å². The number of ether oxygens (including phenoxy) is 1. The van der Waals surface area contributed by atoms with Gasteiger partial charge in [-0.25, -0.2) is 8.93 Å². The molecule has 0 heterocycles. The zero-order chi connectivity index (χ0) is 15.4. The molecule has 0 aliphatic rings. The summed E-state index contributed by atoms with van der Waals surface area (Å²) in [6.45, 7) is 7.53. The highest BCUT2D eigenvalue weighted by Gasteiger charge is 2.34. The van der Waals surface area contributed by atoms with Gasteiger partial charge in [-0.1, -0.05) is 30.3 Å². The number of hydrogen-bond donors (Lipinski definition) is 1. The summed E-state index contributed by atoms with van der Waals surface area (Å²) in [6.07, 6.45) is 0.120. The lowest BCUT2D eigenvalue weighted by Crippen LogP contribution is -2.47. The van der Waals surface area contributed by atoms with Crippen molar-refractivity contribution in [2.45, 2.75) is 44.4 Å². The standard InChI is InChI=1S/C15H23NO3S/c1-14(2,3)20(18)16-15(4,11-13(17)19-5)12-9-7-6-8-10-12/h6-10,16H,11H2,1-5H3. The molecule has 0 aromatic heterocycles. The second kappa shape index (κ2) is 6.50.